The van der Waals surface area contributed by atoms with Crippen molar-refractivity contribution in [2.45, 2.75) is 50.8 Å². The van der Waals surface area contributed by atoms with Crippen molar-refractivity contribution >= 4 is 28.2 Å². The van der Waals surface area contributed by atoms with Crippen molar-refractivity contribution in [3.05, 3.63) is 145 Å². The minimum Gasteiger partial charge on any atom is -0.493 e. The van der Waals surface area contributed by atoms with Crippen LogP contribution in [0, 0.1) is 12.7 Å². The Kier molecular flexibility index (Phi) is 10.9. The number of rotatable bonds is 10. The summed E-state index contributed by atoms with van der Waals surface area (Å²) in [6.45, 7) is 4.53. The average Bonchev–Trinajstić information content (AvgIpc) is 3.88. The van der Waals surface area contributed by atoms with Gasteiger partial charge in [-0.25, -0.2) is 14.4 Å². The molecular formula is C43H40F4N8O2. The first-order valence-electron chi connectivity index (χ1n) is 18.2. The maximum Gasteiger partial charge on any atom is 0.418 e. The van der Waals surface area contributed by atoms with Gasteiger partial charge in [0.2, 0.25) is 5.95 Å². The molecule has 0 saturated heterocycles. The fourth-order valence-corrected chi connectivity index (χ4v) is 6.91. The van der Waals surface area contributed by atoms with Gasteiger partial charge in [0.25, 0.3) is 0 Å². The van der Waals surface area contributed by atoms with E-state index in [9.17, 15) is 22.7 Å². The Morgan fingerprint density at radius 1 is 0.860 bits per heavy atom. The van der Waals surface area contributed by atoms with Gasteiger partial charge < -0.3 is 20.5 Å². The van der Waals surface area contributed by atoms with Crippen molar-refractivity contribution < 1.29 is 27.4 Å². The van der Waals surface area contributed by atoms with Crippen LogP contribution in [0.15, 0.2) is 122 Å². The second-order valence-electron chi connectivity index (χ2n) is 14.4. The van der Waals surface area contributed by atoms with Crippen molar-refractivity contribution in [2.75, 3.05) is 23.8 Å². The zero-order valence-corrected chi connectivity index (χ0v) is 31.4. The van der Waals surface area contributed by atoms with E-state index in [1.54, 1.807) is 69.0 Å². The third kappa shape index (κ3) is 8.70. The van der Waals surface area contributed by atoms with Crippen LogP contribution in [0.1, 0.15) is 37.1 Å². The van der Waals surface area contributed by atoms with Crippen LogP contribution in [0.4, 0.5) is 34.9 Å². The molecule has 10 nitrogen and oxygen atoms in total. The Morgan fingerprint density at radius 2 is 1.65 bits per heavy atom. The van der Waals surface area contributed by atoms with E-state index in [1.807, 2.05) is 66.2 Å². The Hall–Kier alpha value is -6.41. The van der Waals surface area contributed by atoms with Crippen LogP contribution in [0.5, 0.6) is 5.75 Å². The Labute approximate surface area is 326 Å². The van der Waals surface area contributed by atoms with E-state index in [0.29, 0.717) is 52.4 Å². The van der Waals surface area contributed by atoms with E-state index in [0.717, 1.165) is 28.6 Å². The first kappa shape index (κ1) is 38.8. The number of benzene rings is 3. The summed E-state index contributed by atoms with van der Waals surface area (Å²) in [5, 5.41) is 17.5. The number of ether oxygens (including phenoxy) is 1. The fourth-order valence-electron chi connectivity index (χ4n) is 6.91. The predicted molar refractivity (Wildman–Crippen MR) is 211 cm³/mol. The van der Waals surface area contributed by atoms with Gasteiger partial charge in [0.15, 0.2) is 5.60 Å². The second kappa shape index (κ2) is 16.0. The van der Waals surface area contributed by atoms with Gasteiger partial charge in [-0.1, -0.05) is 50.2 Å². The maximum absolute atomic E-state index is 14.2. The van der Waals surface area contributed by atoms with Gasteiger partial charge in [0.05, 0.1) is 18.7 Å². The summed E-state index contributed by atoms with van der Waals surface area (Å²) in [4.78, 5) is 21.7. The monoisotopic (exact) mass is 776 g/mol. The van der Waals surface area contributed by atoms with Crippen LogP contribution < -0.4 is 15.4 Å². The van der Waals surface area contributed by atoms with E-state index >= 15 is 0 Å². The number of aromatic nitrogens is 6. The van der Waals surface area contributed by atoms with Crippen LogP contribution in [-0.2, 0) is 11.8 Å². The summed E-state index contributed by atoms with van der Waals surface area (Å²) in [7, 11) is 0. The number of aliphatic hydroxyl groups is 1. The molecule has 1 aliphatic heterocycles. The number of nitrogens with one attached hydrogen (secondary N) is 2. The summed E-state index contributed by atoms with van der Waals surface area (Å²) >= 11 is 0. The predicted octanol–water partition coefficient (Wildman–Crippen LogP) is 9.16. The Balaban J connectivity index is 0.000000183. The van der Waals surface area contributed by atoms with E-state index in [4.69, 9.17) is 4.74 Å². The minimum atomic E-state index is -4.92. The largest absolute Gasteiger partial charge is 0.493 e. The third-order valence-corrected chi connectivity index (χ3v) is 9.68. The van der Waals surface area contributed by atoms with Gasteiger partial charge in [-0.05, 0) is 73.4 Å². The van der Waals surface area contributed by atoms with E-state index in [-0.39, 0.29) is 0 Å². The summed E-state index contributed by atoms with van der Waals surface area (Å²) in [6.07, 6.45) is 3.70. The van der Waals surface area contributed by atoms with Crippen molar-refractivity contribution in [3.8, 4) is 23.0 Å². The minimum absolute atomic E-state index is 0.322. The standard InChI is InChI=1S/C25H26F4N2O2.C18H14N6/c1-15-7-8-18-20(5-4-6-21(18)31-15)30-14-24(32,25(27,28)29)13-23(2,3)19-12-17(26)11-16-9-10-33-22(16)19;1-2-4-14(5-3-1)17-20-12-13-24(17)16-8-11-21-18(23-16)22-15-6-9-19-10-7-15/h4-8,11-12,30,32H,9-10,13-14H2,1-3H3;1-13H,(H,19,21,22,23). The van der Waals surface area contributed by atoms with E-state index in [2.05, 4.69) is 35.6 Å². The third-order valence-electron chi connectivity index (χ3n) is 9.68. The van der Waals surface area contributed by atoms with Gasteiger partial charge in [-0.2, -0.15) is 18.2 Å². The molecule has 0 radical (unpaired) electrons. The number of pyridine rings is 2. The number of hydrogen-bond donors (Lipinski definition) is 3. The van der Waals surface area contributed by atoms with Crippen LogP contribution in [0.2, 0.25) is 0 Å². The van der Waals surface area contributed by atoms with Gasteiger partial charge >= 0.3 is 6.18 Å². The van der Waals surface area contributed by atoms with E-state index in [1.165, 1.54) is 12.1 Å². The summed E-state index contributed by atoms with van der Waals surface area (Å²) in [5.74, 6) is 1.98. The number of fused-ring (bicyclic) bond motifs is 2. The molecule has 1 unspecified atom stereocenters. The van der Waals surface area contributed by atoms with E-state index < -0.39 is 36.0 Å². The maximum atomic E-state index is 14.2. The lowest BCUT2D eigenvalue weighted by atomic mass is 9.74. The van der Waals surface area contributed by atoms with Crippen LogP contribution in [-0.4, -0.2) is 59.5 Å². The molecule has 14 heteroatoms. The molecule has 8 rings (SSSR count). The lowest BCUT2D eigenvalue weighted by molar-refractivity contribution is -0.260. The van der Waals surface area contributed by atoms with Crippen molar-refractivity contribution in [3.63, 3.8) is 0 Å². The van der Waals surface area contributed by atoms with Crippen LogP contribution >= 0.6 is 0 Å². The van der Waals surface area contributed by atoms with Gasteiger partial charge in [-0.15, -0.1) is 0 Å². The second-order valence-corrected chi connectivity index (χ2v) is 14.4. The molecule has 4 aromatic heterocycles. The number of imidazole rings is 1. The molecule has 3 aromatic carbocycles. The molecule has 0 saturated carbocycles. The van der Waals surface area contributed by atoms with Crippen LogP contribution in [0.3, 0.4) is 0 Å². The normalized spacial score (nSPS) is 13.5. The number of alkyl halides is 3. The van der Waals surface area contributed by atoms with Crippen molar-refractivity contribution in [1.82, 2.24) is 29.5 Å². The topological polar surface area (TPSA) is 123 Å². The van der Waals surface area contributed by atoms with Crippen LogP contribution in [0.25, 0.3) is 28.1 Å². The van der Waals surface area contributed by atoms with Gasteiger partial charge in [-0.3, -0.25) is 14.5 Å². The Morgan fingerprint density at radius 3 is 2.42 bits per heavy atom. The number of aryl methyl sites for hydroxylation is 1. The molecule has 0 fully saturated rings. The summed E-state index contributed by atoms with van der Waals surface area (Å²) in [6, 6.07) is 26.8. The quantitative estimate of drug-likeness (QED) is 0.117. The smallest absolute Gasteiger partial charge is 0.418 e. The van der Waals surface area contributed by atoms with Crippen molar-refractivity contribution in [2.24, 2.45) is 0 Å². The molecule has 292 valence electrons. The molecule has 3 N–H and O–H groups in total. The number of hydrogen-bond acceptors (Lipinski definition) is 9. The molecule has 0 aliphatic carbocycles. The Bertz CT molecular complexity index is 2480. The highest BCUT2D eigenvalue weighted by Crippen LogP contribution is 2.46. The van der Waals surface area contributed by atoms with Gasteiger partial charge in [0, 0.05) is 76.6 Å². The van der Waals surface area contributed by atoms with Gasteiger partial charge in [0.1, 0.15) is 23.2 Å². The fraction of sp³-hybridized carbons (Fsp3) is 0.233. The molecule has 57 heavy (non-hydrogen) atoms. The number of nitrogens with zero attached hydrogens (tertiary/aromatic N) is 6. The molecule has 1 aliphatic rings. The summed E-state index contributed by atoms with van der Waals surface area (Å²) < 4.78 is 64.2. The highest BCUT2D eigenvalue weighted by molar-refractivity contribution is 5.91. The summed E-state index contributed by atoms with van der Waals surface area (Å²) in [5.41, 5.74) is 0.444. The first-order valence-corrected chi connectivity index (χ1v) is 18.2. The molecular weight excluding hydrogens is 737 g/mol. The molecule has 0 bridgehead atoms. The highest BCUT2D eigenvalue weighted by atomic mass is 19.4. The number of anilines is 3. The molecule has 0 spiro atoms. The molecule has 0 amide bonds. The average molecular weight is 777 g/mol. The molecule has 5 heterocycles. The number of halogens is 4. The molecule has 1 atom stereocenters. The zero-order valence-electron chi connectivity index (χ0n) is 31.4. The molecule has 7 aromatic rings. The highest BCUT2D eigenvalue weighted by Gasteiger charge is 2.56. The zero-order chi connectivity index (χ0) is 40.2. The SMILES string of the molecule is Cc1ccc2c(NCC(O)(CC(C)(C)c3cc(F)cc4c3OCC4)C(F)(F)F)cccc2n1.c1ccc(-c2nccn2-c2ccnc(Nc3ccncc3)n2)cc1. The lowest BCUT2D eigenvalue weighted by Gasteiger charge is -2.38. The van der Waals surface area contributed by atoms with Crippen molar-refractivity contribution in [1.29, 1.82) is 0 Å². The first-order chi connectivity index (χ1) is 27.3. The lowest BCUT2D eigenvalue weighted by Crippen LogP contribution is -2.53.